The number of fused-ring (bicyclic) bond motifs is 1. The van der Waals surface area contributed by atoms with Crippen molar-refractivity contribution in [3.8, 4) is 0 Å². The number of piperazine rings is 1. The molecule has 0 saturated carbocycles. The molecule has 3 saturated heterocycles. The minimum Gasteiger partial charge on any atom is -0.380 e. The second-order valence-corrected chi connectivity index (χ2v) is 5.76. The van der Waals surface area contributed by atoms with Crippen LogP contribution in [-0.4, -0.2) is 68.3 Å². The van der Waals surface area contributed by atoms with Crippen LogP contribution >= 0.6 is 0 Å². The first-order valence-corrected chi connectivity index (χ1v) is 6.56. The first-order chi connectivity index (χ1) is 7.81. The Bertz CT molecular complexity index is 249. The van der Waals surface area contributed by atoms with Crippen LogP contribution in [0.5, 0.6) is 0 Å². The fourth-order valence-corrected chi connectivity index (χ4v) is 3.34. The molecule has 0 aliphatic carbocycles. The van der Waals surface area contributed by atoms with Gasteiger partial charge in [-0.15, -0.1) is 0 Å². The smallest absolute Gasteiger partial charge is 0.0569 e. The van der Waals surface area contributed by atoms with Crippen molar-refractivity contribution in [2.24, 2.45) is 11.1 Å². The maximum atomic E-state index is 5.88. The van der Waals surface area contributed by atoms with Gasteiger partial charge in [0.25, 0.3) is 0 Å². The van der Waals surface area contributed by atoms with Crippen LogP contribution in [0, 0.1) is 5.41 Å². The molecule has 92 valence electrons. The third-order valence-electron chi connectivity index (χ3n) is 4.48. The molecule has 3 fully saturated rings. The molecule has 3 rings (SSSR count). The fourth-order valence-electron chi connectivity index (χ4n) is 3.34. The van der Waals surface area contributed by atoms with E-state index in [9.17, 15) is 0 Å². The third kappa shape index (κ3) is 1.88. The molecule has 0 spiro atoms. The van der Waals surface area contributed by atoms with Crippen molar-refractivity contribution < 1.29 is 4.74 Å². The Morgan fingerprint density at radius 1 is 1.25 bits per heavy atom. The van der Waals surface area contributed by atoms with Crippen LogP contribution in [-0.2, 0) is 4.74 Å². The first kappa shape index (κ1) is 11.0. The van der Waals surface area contributed by atoms with E-state index in [0.29, 0.717) is 0 Å². The summed E-state index contributed by atoms with van der Waals surface area (Å²) in [5, 5.41) is 0. The molecule has 4 heteroatoms. The monoisotopic (exact) mass is 225 g/mol. The summed E-state index contributed by atoms with van der Waals surface area (Å²) in [6, 6.07) is 0.824. The molecule has 4 nitrogen and oxygen atoms in total. The van der Waals surface area contributed by atoms with Gasteiger partial charge in [-0.3, -0.25) is 9.80 Å². The summed E-state index contributed by atoms with van der Waals surface area (Å²) in [5.41, 5.74) is 6.15. The second kappa shape index (κ2) is 4.26. The number of rotatable bonds is 3. The zero-order valence-electron chi connectivity index (χ0n) is 10.0. The lowest BCUT2D eigenvalue weighted by molar-refractivity contribution is -0.124. The van der Waals surface area contributed by atoms with E-state index in [1.807, 2.05) is 0 Å². The lowest BCUT2D eigenvalue weighted by atomic mass is 9.85. The fraction of sp³-hybridized carbons (Fsp3) is 1.00. The number of nitrogens with two attached hydrogens (primary N) is 1. The molecule has 0 bridgehead atoms. The summed E-state index contributed by atoms with van der Waals surface area (Å²) in [5.74, 6) is 0. The molecule has 0 aromatic heterocycles. The highest BCUT2D eigenvalue weighted by Crippen LogP contribution is 2.29. The third-order valence-corrected chi connectivity index (χ3v) is 4.48. The van der Waals surface area contributed by atoms with Crippen LogP contribution in [0.15, 0.2) is 0 Å². The molecular weight excluding hydrogens is 202 g/mol. The number of ether oxygens (including phenoxy) is 1. The van der Waals surface area contributed by atoms with E-state index in [-0.39, 0.29) is 5.41 Å². The zero-order valence-corrected chi connectivity index (χ0v) is 10.0. The maximum Gasteiger partial charge on any atom is 0.0569 e. The Kier molecular flexibility index (Phi) is 2.92. The molecule has 0 aromatic carbocycles. The highest BCUT2D eigenvalue weighted by atomic mass is 16.5. The van der Waals surface area contributed by atoms with Gasteiger partial charge in [0.2, 0.25) is 0 Å². The van der Waals surface area contributed by atoms with E-state index >= 15 is 0 Å². The molecule has 1 unspecified atom stereocenters. The van der Waals surface area contributed by atoms with E-state index < -0.39 is 0 Å². The molecule has 1 atom stereocenters. The van der Waals surface area contributed by atoms with Crippen LogP contribution in [0.4, 0.5) is 0 Å². The van der Waals surface area contributed by atoms with Crippen LogP contribution in [0.3, 0.4) is 0 Å². The van der Waals surface area contributed by atoms with Crippen LogP contribution in [0.25, 0.3) is 0 Å². The van der Waals surface area contributed by atoms with Crippen molar-refractivity contribution in [2.75, 3.05) is 52.5 Å². The van der Waals surface area contributed by atoms with Gasteiger partial charge in [0.15, 0.2) is 0 Å². The average molecular weight is 225 g/mol. The van der Waals surface area contributed by atoms with Crippen molar-refractivity contribution in [1.29, 1.82) is 0 Å². The van der Waals surface area contributed by atoms with Crippen LogP contribution in [0.2, 0.25) is 0 Å². The van der Waals surface area contributed by atoms with Gasteiger partial charge in [-0.2, -0.15) is 0 Å². The SMILES string of the molecule is NCC1(CN2CCN3CCCC3C2)COC1. The lowest BCUT2D eigenvalue weighted by Crippen LogP contribution is -2.59. The molecule has 16 heavy (non-hydrogen) atoms. The summed E-state index contributed by atoms with van der Waals surface area (Å²) in [4.78, 5) is 5.27. The standard InChI is InChI=1S/C12H23N3O/c13-7-12(9-16-10-12)8-14-4-5-15-3-1-2-11(15)6-14/h11H,1-10,13H2. The summed E-state index contributed by atoms with van der Waals surface area (Å²) in [6.45, 7) is 8.71. The molecular formula is C12H23N3O. The normalized spacial score (nSPS) is 34.7. The van der Waals surface area contributed by atoms with Gasteiger partial charge in [0, 0.05) is 44.2 Å². The quantitative estimate of drug-likeness (QED) is 0.719. The van der Waals surface area contributed by atoms with Gasteiger partial charge in [-0.1, -0.05) is 0 Å². The summed E-state index contributed by atoms with van der Waals surface area (Å²) < 4.78 is 5.34. The van der Waals surface area contributed by atoms with Gasteiger partial charge in [-0.05, 0) is 19.4 Å². The largest absolute Gasteiger partial charge is 0.380 e. The minimum atomic E-state index is 0.279. The molecule has 0 radical (unpaired) electrons. The molecule has 3 heterocycles. The van der Waals surface area contributed by atoms with Crippen LogP contribution in [0.1, 0.15) is 12.8 Å². The Morgan fingerprint density at radius 3 is 2.81 bits per heavy atom. The van der Waals surface area contributed by atoms with Gasteiger partial charge in [-0.25, -0.2) is 0 Å². The van der Waals surface area contributed by atoms with E-state index in [2.05, 4.69) is 9.80 Å². The molecule has 0 aromatic rings. The van der Waals surface area contributed by atoms with E-state index in [1.54, 1.807) is 0 Å². The Hall–Kier alpha value is -0.160. The van der Waals surface area contributed by atoms with E-state index in [0.717, 1.165) is 32.3 Å². The minimum absolute atomic E-state index is 0.279. The van der Waals surface area contributed by atoms with Gasteiger partial charge >= 0.3 is 0 Å². The maximum absolute atomic E-state index is 5.88. The predicted octanol–water partition coefficient (Wildman–Crippen LogP) is -0.258. The van der Waals surface area contributed by atoms with Gasteiger partial charge in [0.05, 0.1) is 13.2 Å². The van der Waals surface area contributed by atoms with Crippen molar-refractivity contribution in [3.63, 3.8) is 0 Å². The Balaban J connectivity index is 1.56. The Morgan fingerprint density at radius 2 is 2.12 bits per heavy atom. The molecule has 3 aliphatic rings. The van der Waals surface area contributed by atoms with Crippen molar-refractivity contribution >= 4 is 0 Å². The lowest BCUT2D eigenvalue weighted by Gasteiger charge is -2.46. The topological polar surface area (TPSA) is 41.7 Å². The first-order valence-electron chi connectivity index (χ1n) is 6.56. The average Bonchev–Trinajstić information content (AvgIpc) is 2.70. The highest BCUT2D eigenvalue weighted by molar-refractivity contribution is 4.93. The van der Waals surface area contributed by atoms with Crippen molar-refractivity contribution in [1.82, 2.24) is 9.80 Å². The van der Waals surface area contributed by atoms with Gasteiger partial charge in [0.1, 0.15) is 0 Å². The number of hydrogen-bond acceptors (Lipinski definition) is 4. The van der Waals surface area contributed by atoms with Crippen molar-refractivity contribution in [3.05, 3.63) is 0 Å². The summed E-state index contributed by atoms with van der Waals surface area (Å²) in [7, 11) is 0. The van der Waals surface area contributed by atoms with Gasteiger partial charge < -0.3 is 10.5 Å². The highest BCUT2D eigenvalue weighted by Gasteiger charge is 2.40. The summed E-state index contributed by atoms with van der Waals surface area (Å²) >= 11 is 0. The predicted molar refractivity (Wildman–Crippen MR) is 63.3 cm³/mol. The number of nitrogens with zero attached hydrogens (tertiary/aromatic N) is 2. The molecule has 3 aliphatic heterocycles. The van der Waals surface area contributed by atoms with E-state index in [4.69, 9.17) is 10.5 Å². The zero-order chi connectivity index (χ0) is 11.0. The molecule has 0 amide bonds. The number of hydrogen-bond donors (Lipinski definition) is 1. The van der Waals surface area contributed by atoms with Crippen molar-refractivity contribution in [2.45, 2.75) is 18.9 Å². The summed E-state index contributed by atoms with van der Waals surface area (Å²) in [6.07, 6.45) is 2.78. The second-order valence-electron chi connectivity index (χ2n) is 5.76. The van der Waals surface area contributed by atoms with E-state index in [1.165, 1.54) is 39.0 Å². The Labute approximate surface area is 97.7 Å². The van der Waals surface area contributed by atoms with Crippen LogP contribution < -0.4 is 5.73 Å². The molecule has 2 N–H and O–H groups in total.